The molecular weight excluding hydrogens is 366 g/mol. The Balaban J connectivity index is 1.43. The van der Waals surface area contributed by atoms with Crippen molar-refractivity contribution >= 4 is 17.8 Å². The van der Waals surface area contributed by atoms with Gasteiger partial charge >= 0.3 is 0 Å². The van der Waals surface area contributed by atoms with Gasteiger partial charge in [0.05, 0.1) is 6.04 Å². The van der Waals surface area contributed by atoms with Crippen LogP contribution in [0.15, 0.2) is 36.4 Å². The number of carbonyl (C=O) groups is 2. The lowest BCUT2D eigenvalue weighted by Gasteiger charge is -2.35. The number of hydrogen-bond acceptors (Lipinski definition) is 5. The normalized spacial score (nSPS) is 15.1. The van der Waals surface area contributed by atoms with Gasteiger partial charge in [0.2, 0.25) is 17.8 Å². The lowest BCUT2D eigenvalue weighted by molar-refractivity contribution is -0.134. The molecule has 2 amide bonds. The molecule has 1 N–H and O–H groups in total. The fourth-order valence-electron chi connectivity index (χ4n) is 3.52. The first-order chi connectivity index (χ1) is 13.9. The predicted molar refractivity (Wildman–Crippen MR) is 113 cm³/mol. The van der Waals surface area contributed by atoms with Crippen LogP contribution >= 0.6 is 0 Å². The lowest BCUT2D eigenvalue weighted by atomic mass is 10.1. The summed E-state index contributed by atoms with van der Waals surface area (Å²) in [6.45, 7) is 8.51. The minimum absolute atomic E-state index is 0.0218. The fourth-order valence-corrected chi connectivity index (χ4v) is 3.52. The number of rotatable bonds is 6. The number of benzene rings is 1. The third-order valence-electron chi connectivity index (χ3n) is 5.13. The molecule has 154 valence electrons. The van der Waals surface area contributed by atoms with Crippen molar-refractivity contribution in [2.45, 2.75) is 39.7 Å². The van der Waals surface area contributed by atoms with Crippen LogP contribution < -0.4 is 10.2 Å². The van der Waals surface area contributed by atoms with E-state index >= 15 is 0 Å². The van der Waals surface area contributed by atoms with Crippen LogP contribution in [-0.4, -0.2) is 52.9 Å². The molecule has 0 unspecified atom stereocenters. The molecule has 2 aromatic rings. The monoisotopic (exact) mass is 395 g/mol. The van der Waals surface area contributed by atoms with Crippen molar-refractivity contribution in [1.82, 2.24) is 20.2 Å². The summed E-state index contributed by atoms with van der Waals surface area (Å²) in [6, 6.07) is 11.7. The van der Waals surface area contributed by atoms with Gasteiger partial charge in [0.25, 0.3) is 0 Å². The molecule has 29 heavy (non-hydrogen) atoms. The van der Waals surface area contributed by atoms with E-state index in [1.54, 1.807) is 0 Å². The zero-order chi connectivity index (χ0) is 20.8. The van der Waals surface area contributed by atoms with Crippen LogP contribution in [0.3, 0.4) is 0 Å². The first kappa shape index (κ1) is 20.8. The van der Waals surface area contributed by atoms with Gasteiger partial charge in [-0.15, -0.1) is 0 Å². The standard InChI is InChI=1S/C22H29N5O2/c1-16-15-17(2)24-22(23-16)27-13-11-26(12-14-27)21(29)10-9-20(28)25-18(3)19-7-5-4-6-8-19/h4-8,15,18H,9-14H2,1-3H3,(H,25,28)/t18-/m1/s1. The summed E-state index contributed by atoms with van der Waals surface area (Å²) in [5, 5.41) is 2.96. The smallest absolute Gasteiger partial charge is 0.225 e. The largest absolute Gasteiger partial charge is 0.350 e. The van der Waals surface area contributed by atoms with E-state index in [9.17, 15) is 9.59 Å². The number of nitrogens with one attached hydrogen (secondary N) is 1. The number of carbonyl (C=O) groups excluding carboxylic acids is 2. The van der Waals surface area contributed by atoms with Gasteiger partial charge in [-0.25, -0.2) is 9.97 Å². The molecule has 2 heterocycles. The SMILES string of the molecule is Cc1cc(C)nc(N2CCN(C(=O)CCC(=O)N[C@H](C)c3ccccc3)CC2)n1. The van der Waals surface area contributed by atoms with E-state index in [1.165, 1.54) is 0 Å². The minimum atomic E-state index is -0.100. The highest BCUT2D eigenvalue weighted by molar-refractivity contribution is 5.84. The average Bonchev–Trinajstić information content (AvgIpc) is 2.72. The van der Waals surface area contributed by atoms with Crippen molar-refractivity contribution in [1.29, 1.82) is 0 Å². The van der Waals surface area contributed by atoms with Gasteiger partial charge in [-0.1, -0.05) is 30.3 Å². The quantitative estimate of drug-likeness (QED) is 0.813. The summed E-state index contributed by atoms with van der Waals surface area (Å²) in [7, 11) is 0. The van der Waals surface area contributed by atoms with Gasteiger partial charge in [0, 0.05) is 50.4 Å². The van der Waals surface area contributed by atoms with Crippen LogP contribution in [0, 0.1) is 13.8 Å². The predicted octanol–water partition coefficient (Wildman–Crippen LogP) is 2.40. The van der Waals surface area contributed by atoms with Gasteiger partial charge in [-0.2, -0.15) is 0 Å². The molecule has 1 aromatic heterocycles. The number of nitrogens with zero attached hydrogens (tertiary/aromatic N) is 4. The molecular formula is C22H29N5O2. The molecule has 1 aromatic carbocycles. The minimum Gasteiger partial charge on any atom is -0.350 e. The molecule has 0 saturated carbocycles. The molecule has 0 radical (unpaired) electrons. The van der Waals surface area contributed by atoms with Gasteiger partial charge in [-0.05, 0) is 32.4 Å². The Morgan fingerprint density at radius 1 is 1.00 bits per heavy atom. The van der Waals surface area contributed by atoms with Crippen molar-refractivity contribution in [3.63, 3.8) is 0 Å². The first-order valence-electron chi connectivity index (χ1n) is 10.1. The summed E-state index contributed by atoms with van der Waals surface area (Å²) >= 11 is 0. The van der Waals surface area contributed by atoms with Crippen LogP contribution in [-0.2, 0) is 9.59 Å². The van der Waals surface area contributed by atoms with Gasteiger partial charge in [0.1, 0.15) is 0 Å². The Morgan fingerprint density at radius 3 is 2.24 bits per heavy atom. The van der Waals surface area contributed by atoms with Crippen molar-refractivity contribution in [2.24, 2.45) is 0 Å². The maximum atomic E-state index is 12.5. The van der Waals surface area contributed by atoms with E-state index in [0.717, 1.165) is 22.9 Å². The van der Waals surface area contributed by atoms with E-state index in [1.807, 2.05) is 62.1 Å². The molecule has 0 spiro atoms. The Morgan fingerprint density at radius 2 is 1.62 bits per heavy atom. The van der Waals surface area contributed by atoms with E-state index in [-0.39, 0.29) is 30.7 Å². The number of aryl methyl sites for hydroxylation is 2. The Kier molecular flexibility index (Phi) is 6.80. The number of piperazine rings is 1. The second-order valence-electron chi connectivity index (χ2n) is 7.52. The number of anilines is 1. The van der Waals surface area contributed by atoms with Crippen LogP contribution in [0.1, 0.15) is 42.8 Å². The summed E-state index contributed by atoms with van der Waals surface area (Å²) in [5.41, 5.74) is 2.94. The fraction of sp³-hybridized carbons (Fsp3) is 0.455. The maximum Gasteiger partial charge on any atom is 0.225 e. The van der Waals surface area contributed by atoms with Crippen LogP contribution in [0.2, 0.25) is 0 Å². The summed E-state index contributed by atoms with van der Waals surface area (Å²) in [5.74, 6) is 0.648. The molecule has 1 aliphatic heterocycles. The molecule has 1 aliphatic rings. The van der Waals surface area contributed by atoms with Gasteiger partial charge < -0.3 is 15.1 Å². The van der Waals surface area contributed by atoms with E-state index in [4.69, 9.17) is 0 Å². The highest BCUT2D eigenvalue weighted by Gasteiger charge is 2.23. The second-order valence-corrected chi connectivity index (χ2v) is 7.52. The molecule has 1 saturated heterocycles. The van der Waals surface area contributed by atoms with E-state index in [0.29, 0.717) is 26.2 Å². The van der Waals surface area contributed by atoms with E-state index in [2.05, 4.69) is 20.2 Å². The van der Waals surface area contributed by atoms with Crippen molar-refractivity contribution in [2.75, 3.05) is 31.1 Å². The van der Waals surface area contributed by atoms with Gasteiger partial charge in [-0.3, -0.25) is 9.59 Å². The van der Waals surface area contributed by atoms with Crippen molar-refractivity contribution < 1.29 is 9.59 Å². The summed E-state index contributed by atoms with van der Waals surface area (Å²) < 4.78 is 0. The Labute approximate surface area is 172 Å². The Bertz CT molecular complexity index is 827. The highest BCUT2D eigenvalue weighted by atomic mass is 16.2. The lowest BCUT2D eigenvalue weighted by Crippen LogP contribution is -2.49. The zero-order valence-corrected chi connectivity index (χ0v) is 17.4. The molecule has 1 fully saturated rings. The topological polar surface area (TPSA) is 78.4 Å². The van der Waals surface area contributed by atoms with Crippen LogP contribution in [0.5, 0.6) is 0 Å². The third-order valence-corrected chi connectivity index (χ3v) is 5.13. The molecule has 1 atom stereocenters. The molecule has 7 nitrogen and oxygen atoms in total. The number of hydrogen-bond donors (Lipinski definition) is 1. The molecule has 0 aliphatic carbocycles. The van der Waals surface area contributed by atoms with Crippen LogP contribution in [0.25, 0.3) is 0 Å². The van der Waals surface area contributed by atoms with Crippen molar-refractivity contribution in [3.8, 4) is 0 Å². The summed E-state index contributed by atoms with van der Waals surface area (Å²) in [4.78, 5) is 37.6. The molecule has 0 bridgehead atoms. The van der Waals surface area contributed by atoms with Crippen molar-refractivity contribution in [3.05, 3.63) is 53.3 Å². The molecule has 3 rings (SSSR count). The number of aromatic nitrogens is 2. The Hall–Kier alpha value is -2.96. The van der Waals surface area contributed by atoms with Crippen LogP contribution in [0.4, 0.5) is 5.95 Å². The number of amides is 2. The van der Waals surface area contributed by atoms with E-state index < -0.39 is 0 Å². The summed E-state index contributed by atoms with van der Waals surface area (Å²) in [6.07, 6.45) is 0.434. The molecule has 7 heteroatoms. The average molecular weight is 396 g/mol. The third kappa shape index (κ3) is 5.76. The van der Waals surface area contributed by atoms with Gasteiger partial charge in [0.15, 0.2) is 0 Å². The maximum absolute atomic E-state index is 12.5. The zero-order valence-electron chi connectivity index (χ0n) is 17.4. The highest BCUT2D eigenvalue weighted by Crippen LogP contribution is 2.14. The first-order valence-corrected chi connectivity index (χ1v) is 10.1. The second kappa shape index (κ2) is 9.49.